The Morgan fingerprint density at radius 3 is 2.78 bits per heavy atom. The van der Waals surface area contributed by atoms with Gasteiger partial charge in [0.15, 0.2) is 5.78 Å². The molecule has 0 bridgehead atoms. The summed E-state index contributed by atoms with van der Waals surface area (Å²) in [5.74, 6) is -0.335. The summed E-state index contributed by atoms with van der Waals surface area (Å²) < 4.78 is 0. The molecule has 140 valence electrons. The van der Waals surface area contributed by atoms with Gasteiger partial charge in [-0.15, -0.1) is 0 Å². The normalized spacial score (nSPS) is 13.6. The van der Waals surface area contributed by atoms with Gasteiger partial charge < -0.3 is 10.6 Å². The first-order valence-corrected chi connectivity index (χ1v) is 9.42. The van der Waals surface area contributed by atoms with Crippen LogP contribution in [0.25, 0.3) is 0 Å². The quantitative estimate of drug-likeness (QED) is 0.545. The van der Waals surface area contributed by atoms with Crippen LogP contribution in [0.1, 0.15) is 59.9 Å². The minimum Gasteiger partial charge on any atom is -0.385 e. The Balaban J connectivity index is 1.59. The molecule has 1 aliphatic rings. The highest BCUT2D eigenvalue weighted by molar-refractivity contribution is 6.04. The second kappa shape index (κ2) is 9.12. The number of anilines is 2. The van der Waals surface area contributed by atoms with Crippen molar-refractivity contribution in [3.63, 3.8) is 0 Å². The molecular weight excluding hydrogens is 338 g/mol. The molecule has 5 nitrogen and oxygen atoms in total. The third-order valence-electron chi connectivity index (χ3n) is 4.68. The van der Waals surface area contributed by atoms with Crippen LogP contribution in [-0.4, -0.2) is 23.2 Å². The number of benzene rings is 1. The molecule has 0 atom stereocenters. The number of ketones is 1. The van der Waals surface area contributed by atoms with Crippen molar-refractivity contribution >= 4 is 23.1 Å². The smallest absolute Gasteiger partial charge is 0.274 e. The largest absolute Gasteiger partial charge is 0.385 e. The van der Waals surface area contributed by atoms with E-state index in [2.05, 4.69) is 21.7 Å². The molecule has 1 aliphatic carbocycles. The molecule has 2 N–H and O–H groups in total. The minimum atomic E-state index is -0.297. The fourth-order valence-corrected chi connectivity index (χ4v) is 3.17. The number of Topliss-reactive ketones (excluding diaryl/α,β-unsaturated/α-hetero) is 1. The number of hydrogen-bond donors (Lipinski definition) is 2. The van der Waals surface area contributed by atoms with Crippen LogP contribution in [0.3, 0.4) is 0 Å². The monoisotopic (exact) mass is 363 g/mol. The second-order valence-electron chi connectivity index (χ2n) is 6.81. The molecule has 0 fully saturated rings. The fourth-order valence-electron chi connectivity index (χ4n) is 3.17. The number of carbonyl (C=O) groups excluding carboxylic acids is 2. The molecule has 1 aromatic carbocycles. The number of nitrogens with zero attached hydrogens (tertiary/aromatic N) is 1. The summed E-state index contributed by atoms with van der Waals surface area (Å²) in [6, 6.07) is 10.5. The molecule has 0 saturated carbocycles. The Bertz CT molecular complexity index is 858. The van der Waals surface area contributed by atoms with Crippen molar-refractivity contribution in [2.45, 2.75) is 39.0 Å². The molecule has 0 radical (unpaired) electrons. The Labute approximate surface area is 159 Å². The predicted molar refractivity (Wildman–Crippen MR) is 108 cm³/mol. The average molecular weight is 363 g/mol. The standard InChI is InChI=1S/C22H25N3O2/c1-16(26)18-8-5-9-20(14-18)25-22(27)21-15-19(11-13-24-21)23-12-10-17-6-3-2-4-7-17/h5-6,8-9,11,13-15H,2-4,7,10,12H2,1H3,(H,23,24)(H,25,27). The van der Waals surface area contributed by atoms with E-state index in [4.69, 9.17) is 0 Å². The topological polar surface area (TPSA) is 71.1 Å². The number of pyridine rings is 1. The highest BCUT2D eigenvalue weighted by Gasteiger charge is 2.10. The molecular formula is C22H25N3O2. The van der Waals surface area contributed by atoms with Crippen LogP contribution in [-0.2, 0) is 0 Å². The lowest BCUT2D eigenvalue weighted by molar-refractivity contribution is 0.100. The third kappa shape index (κ3) is 5.51. The molecule has 0 spiro atoms. The first kappa shape index (κ1) is 18.8. The molecule has 0 unspecified atom stereocenters. The van der Waals surface area contributed by atoms with Gasteiger partial charge in [-0.05, 0) is 63.3 Å². The summed E-state index contributed by atoms with van der Waals surface area (Å²) in [6.07, 6.45) is 9.99. The highest BCUT2D eigenvalue weighted by Crippen LogP contribution is 2.20. The highest BCUT2D eigenvalue weighted by atomic mass is 16.2. The summed E-state index contributed by atoms with van der Waals surface area (Å²) in [7, 11) is 0. The Morgan fingerprint density at radius 2 is 2.00 bits per heavy atom. The van der Waals surface area contributed by atoms with Crippen LogP contribution in [0.5, 0.6) is 0 Å². The zero-order valence-corrected chi connectivity index (χ0v) is 15.6. The van der Waals surface area contributed by atoms with E-state index in [9.17, 15) is 9.59 Å². The number of hydrogen-bond acceptors (Lipinski definition) is 4. The van der Waals surface area contributed by atoms with Crippen LogP contribution < -0.4 is 10.6 Å². The SMILES string of the molecule is CC(=O)c1cccc(NC(=O)c2cc(NCCC3=CCCCC3)ccn2)c1. The van der Waals surface area contributed by atoms with Crippen molar-refractivity contribution in [3.8, 4) is 0 Å². The first-order chi connectivity index (χ1) is 13.1. The van der Waals surface area contributed by atoms with Crippen molar-refractivity contribution < 1.29 is 9.59 Å². The van der Waals surface area contributed by atoms with Gasteiger partial charge in [-0.3, -0.25) is 14.6 Å². The van der Waals surface area contributed by atoms with Crippen molar-refractivity contribution in [1.29, 1.82) is 0 Å². The first-order valence-electron chi connectivity index (χ1n) is 9.42. The lowest BCUT2D eigenvalue weighted by Crippen LogP contribution is -2.14. The predicted octanol–water partition coefficient (Wildman–Crippen LogP) is 4.84. The molecule has 0 aliphatic heterocycles. The number of carbonyl (C=O) groups is 2. The molecule has 1 aromatic heterocycles. The van der Waals surface area contributed by atoms with Gasteiger partial charge in [0.2, 0.25) is 0 Å². The maximum atomic E-state index is 12.5. The van der Waals surface area contributed by atoms with Crippen molar-refractivity contribution in [3.05, 3.63) is 65.5 Å². The van der Waals surface area contributed by atoms with Crippen LogP contribution >= 0.6 is 0 Å². The van der Waals surface area contributed by atoms with Crippen LogP contribution in [0.4, 0.5) is 11.4 Å². The average Bonchev–Trinajstić information content (AvgIpc) is 2.69. The summed E-state index contributed by atoms with van der Waals surface area (Å²) in [5, 5.41) is 6.17. The fraction of sp³-hybridized carbons (Fsp3) is 0.318. The van der Waals surface area contributed by atoms with Crippen LogP contribution in [0.15, 0.2) is 54.2 Å². The van der Waals surface area contributed by atoms with Gasteiger partial charge in [-0.25, -0.2) is 0 Å². The van der Waals surface area contributed by atoms with Crippen molar-refractivity contribution in [2.24, 2.45) is 0 Å². The number of rotatable bonds is 7. The van der Waals surface area contributed by atoms with Gasteiger partial charge in [-0.1, -0.05) is 23.8 Å². The molecule has 1 heterocycles. The zero-order valence-electron chi connectivity index (χ0n) is 15.6. The van der Waals surface area contributed by atoms with Gasteiger partial charge in [0, 0.05) is 29.7 Å². The Kier molecular flexibility index (Phi) is 6.36. The maximum Gasteiger partial charge on any atom is 0.274 e. The van der Waals surface area contributed by atoms with Crippen molar-refractivity contribution in [2.75, 3.05) is 17.2 Å². The summed E-state index contributed by atoms with van der Waals surface area (Å²) in [4.78, 5) is 28.1. The van der Waals surface area contributed by atoms with E-state index in [1.807, 2.05) is 6.07 Å². The Morgan fingerprint density at radius 1 is 1.11 bits per heavy atom. The number of aromatic nitrogens is 1. The molecule has 5 heteroatoms. The van der Waals surface area contributed by atoms with Gasteiger partial charge in [0.25, 0.3) is 5.91 Å². The van der Waals surface area contributed by atoms with E-state index < -0.39 is 0 Å². The summed E-state index contributed by atoms with van der Waals surface area (Å²) >= 11 is 0. The Hall–Kier alpha value is -2.95. The van der Waals surface area contributed by atoms with E-state index in [1.54, 1.807) is 36.5 Å². The molecule has 0 saturated heterocycles. The lowest BCUT2D eigenvalue weighted by Gasteiger charge is -2.13. The van der Waals surface area contributed by atoms with E-state index in [0.717, 1.165) is 18.7 Å². The second-order valence-corrected chi connectivity index (χ2v) is 6.81. The van der Waals surface area contributed by atoms with E-state index in [-0.39, 0.29) is 11.7 Å². The van der Waals surface area contributed by atoms with Gasteiger partial charge >= 0.3 is 0 Å². The van der Waals surface area contributed by atoms with Crippen LogP contribution in [0, 0.1) is 0 Å². The van der Waals surface area contributed by atoms with E-state index >= 15 is 0 Å². The zero-order chi connectivity index (χ0) is 19.1. The van der Waals surface area contributed by atoms with Gasteiger partial charge in [-0.2, -0.15) is 0 Å². The third-order valence-corrected chi connectivity index (χ3v) is 4.68. The number of amides is 1. The van der Waals surface area contributed by atoms with E-state index in [1.165, 1.54) is 38.2 Å². The summed E-state index contributed by atoms with van der Waals surface area (Å²) in [6.45, 7) is 2.35. The lowest BCUT2D eigenvalue weighted by atomic mass is 9.97. The molecule has 27 heavy (non-hydrogen) atoms. The van der Waals surface area contributed by atoms with Gasteiger partial charge in [0.1, 0.15) is 5.69 Å². The molecule has 3 rings (SSSR count). The molecule has 1 amide bonds. The summed E-state index contributed by atoms with van der Waals surface area (Å²) in [5.41, 5.74) is 3.88. The number of nitrogens with one attached hydrogen (secondary N) is 2. The molecule has 2 aromatic rings. The van der Waals surface area contributed by atoms with Crippen LogP contribution in [0.2, 0.25) is 0 Å². The number of allylic oxidation sites excluding steroid dienone is 1. The minimum absolute atomic E-state index is 0.0384. The van der Waals surface area contributed by atoms with Crippen molar-refractivity contribution in [1.82, 2.24) is 4.98 Å². The van der Waals surface area contributed by atoms with E-state index in [0.29, 0.717) is 16.9 Å². The van der Waals surface area contributed by atoms with Gasteiger partial charge in [0.05, 0.1) is 0 Å². The maximum absolute atomic E-state index is 12.5.